The fourth-order valence-electron chi connectivity index (χ4n) is 3.01. The lowest BCUT2D eigenvalue weighted by Gasteiger charge is -2.32. The van der Waals surface area contributed by atoms with Gasteiger partial charge in [-0.3, -0.25) is 0 Å². The second-order valence-corrected chi connectivity index (χ2v) is 5.98. The van der Waals surface area contributed by atoms with Gasteiger partial charge in [0.2, 0.25) is 0 Å². The van der Waals surface area contributed by atoms with Crippen LogP contribution in [0.5, 0.6) is 5.75 Å². The molecule has 0 bridgehead atoms. The van der Waals surface area contributed by atoms with Crippen LogP contribution in [0.4, 0.5) is 0 Å². The molecule has 0 heterocycles. The van der Waals surface area contributed by atoms with Crippen LogP contribution in [-0.2, 0) is 6.42 Å². The standard InChI is InChI=1S/C16H23ClO/c1-3-12-7-8-16(17)14(9-12)10-13-5-4-6-15(11-13)18-2/h4-6,11-12,14,16H,3,7-10H2,1-2H3. The third-order valence-corrected chi connectivity index (χ3v) is 4.78. The highest BCUT2D eigenvalue weighted by Gasteiger charge is 2.28. The molecular weight excluding hydrogens is 244 g/mol. The van der Waals surface area contributed by atoms with Gasteiger partial charge in [0.1, 0.15) is 5.75 Å². The van der Waals surface area contributed by atoms with Gasteiger partial charge in [-0.15, -0.1) is 11.6 Å². The molecule has 0 aromatic heterocycles. The molecule has 0 saturated heterocycles. The molecule has 2 rings (SSSR count). The van der Waals surface area contributed by atoms with Crippen molar-refractivity contribution in [1.29, 1.82) is 0 Å². The Kier molecular flexibility index (Phi) is 4.94. The summed E-state index contributed by atoms with van der Waals surface area (Å²) in [5, 5.41) is 0.346. The van der Waals surface area contributed by atoms with E-state index in [2.05, 4.69) is 25.1 Å². The van der Waals surface area contributed by atoms with E-state index in [-0.39, 0.29) is 0 Å². The number of hydrogen-bond donors (Lipinski definition) is 0. The summed E-state index contributed by atoms with van der Waals surface area (Å²) in [6.45, 7) is 2.29. The van der Waals surface area contributed by atoms with Gasteiger partial charge in [-0.25, -0.2) is 0 Å². The maximum Gasteiger partial charge on any atom is 0.119 e. The predicted molar refractivity (Wildman–Crippen MR) is 77.5 cm³/mol. The second kappa shape index (κ2) is 6.47. The summed E-state index contributed by atoms with van der Waals surface area (Å²) in [7, 11) is 1.72. The number of alkyl halides is 1. The van der Waals surface area contributed by atoms with Crippen LogP contribution >= 0.6 is 11.6 Å². The third kappa shape index (κ3) is 3.41. The highest BCUT2D eigenvalue weighted by Crippen LogP contribution is 2.36. The molecule has 1 saturated carbocycles. The Hall–Kier alpha value is -0.690. The van der Waals surface area contributed by atoms with Gasteiger partial charge in [-0.05, 0) is 55.2 Å². The van der Waals surface area contributed by atoms with Gasteiger partial charge in [0.15, 0.2) is 0 Å². The van der Waals surface area contributed by atoms with Crippen molar-refractivity contribution in [3.8, 4) is 5.75 Å². The van der Waals surface area contributed by atoms with Crippen molar-refractivity contribution in [3.63, 3.8) is 0 Å². The van der Waals surface area contributed by atoms with Gasteiger partial charge in [0.05, 0.1) is 7.11 Å². The predicted octanol–water partition coefficient (Wildman–Crippen LogP) is 4.67. The minimum absolute atomic E-state index is 0.346. The molecule has 1 nitrogen and oxygen atoms in total. The van der Waals surface area contributed by atoms with Crippen LogP contribution in [0.3, 0.4) is 0 Å². The van der Waals surface area contributed by atoms with E-state index in [0.717, 1.165) is 18.1 Å². The first-order valence-corrected chi connectivity index (χ1v) is 7.43. The summed E-state index contributed by atoms with van der Waals surface area (Å²) in [5.74, 6) is 2.44. The normalized spacial score (nSPS) is 28.1. The van der Waals surface area contributed by atoms with Gasteiger partial charge in [0.25, 0.3) is 0 Å². The molecule has 0 aliphatic heterocycles. The molecule has 100 valence electrons. The van der Waals surface area contributed by atoms with Gasteiger partial charge < -0.3 is 4.74 Å². The Morgan fingerprint density at radius 2 is 2.17 bits per heavy atom. The number of halogens is 1. The van der Waals surface area contributed by atoms with Crippen LogP contribution < -0.4 is 4.74 Å². The highest BCUT2D eigenvalue weighted by molar-refractivity contribution is 6.20. The molecule has 1 fully saturated rings. The van der Waals surface area contributed by atoms with Crippen molar-refractivity contribution in [1.82, 2.24) is 0 Å². The third-order valence-electron chi connectivity index (χ3n) is 4.21. The summed E-state index contributed by atoms with van der Waals surface area (Å²) in [4.78, 5) is 0. The first kappa shape index (κ1) is 13.7. The molecule has 0 radical (unpaired) electrons. The summed E-state index contributed by atoms with van der Waals surface area (Å²) in [5.41, 5.74) is 1.35. The Labute approximate surface area is 115 Å². The molecular formula is C16H23ClO. The smallest absolute Gasteiger partial charge is 0.119 e. The van der Waals surface area contributed by atoms with Crippen molar-refractivity contribution < 1.29 is 4.74 Å². The molecule has 2 heteroatoms. The molecule has 0 N–H and O–H groups in total. The number of benzene rings is 1. The summed E-state index contributed by atoms with van der Waals surface area (Å²) in [6.07, 6.45) is 6.13. The lowest BCUT2D eigenvalue weighted by atomic mass is 9.77. The minimum Gasteiger partial charge on any atom is -0.497 e. The quantitative estimate of drug-likeness (QED) is 0.720. The van der Waals surface area contributed by atoms with Gasteiger partial charge >= 0.3 is 0 Å². The fourth-order valence-corrected chi connectivity index (χ4v) is 3.33. The van der Waals surface area contributed by atoms with Crippen LogP contribution in [0, 0.1) is 11.8 Å². The Bertz CT molecular complexity index is 377. The van der Waals surface area contributed by atoms with Crippen LogP contribution in [0.1, 0.15) is 38.2 Å². The maximum absolute atomic E-state index is 6.50. The van der Waals surface area contributed by atoms with E-state index in [4.69, 9.17) is 16.3 Å². The molecule has 1 aliphatic rings. The summed E-state index contributed by atoms with van der Waals surface area (Å²) >= 11 is 6.50. The average molecular weight is 267 g/mol. The van der Waals surface area contributed by atoms with Crippen molar-refractivity contribution in [2.24, 2.45) is 11.8 Å². The van der Waals surface area contributed by atoms with E-state index in [9.17, 15) is 0 Å². The van der Waals surface area contributed by atoms with Gasteiger partial charge in [-0.2, -0.15) is 0 Å². The molecule has 1 aliphatic carbocycles. The average Bonchev–Trinajstić information content (AvgIpc) is 2.41. The van der Waals surface area contributed by atoms with Crippen LogP contribution in [0.25, 0.3) is 0 Å². The molecule has 0 spiro atoms. The number of methoxy groups -OCH3 is 1. The Balaban J connectivity index is 2.02. The molecule has 3 atom stereocenters. The largest absolute Gasteiger partial charge is 0.497 e. The number of ether oxygens (including phenoxy) is 1. The highest BCUT2D eigenvalue weighted by atomic mass is 35.5. The van der Waals surface area contributed by atoms with E-state index in [1.807, 2.05) is 6.07 Å². The number of hydrogen-bond acceptors (Lipinski definition) is 1. The van der Waals surface area contributed by atoms with Gasteiger partial charge in [-0.1, -0.05) is 25.5 Å². The summed E-state index contributed by atoms with van der Waals surface area (Å²) in [6, 6.07) is 8.38. The zero-order chi connectivity index (χ0) is 13.0. The van der Waals surface area contributed by atoms with E-state index in [1.54, 1.807) is 7.11 Å². The lowest BCUT2D eigenvalue weighted by Crippen LogP contribution is -2.26. The van der Waals surface area contributed by atoms with E-state index >= 15 is 0 Å². The lowest BCUT2D eigenvalue weighted by molar-refractivity contribution is 0.264. The Morgan fingerprint density at radius 3 is 2.89 bits per heavy atom. The molecule has 1 aromatic carbocycles. The SMILES string of the molecule is CCC1CCC(Cl)C(Cc2cccc(OC)c2)C1. The second-order valence-electron chi connectivity index (χ2n) is 5.42. The Morgan fingerprint density at radius 1 is 1.33 bits per heavy atom. The van der Waals surface area contributed by atoms with Crippen molar-refractivity contribution >= 4 is 11.6 Å². The fraction of sp³-hybridized carbons (Fsp3) is 0.625. The topological polar surface area (TPSA) is 9.23 Å². The zero-order valence-electron chi connectivity index (χ0n) is 11.4. The van der Waals surface area contributed by atoms with E-state index < -0.39 is 0 Å². The molecule has 3 unspecified atom stereocenters. The van der Waals surface area contributed by atoms with Gasteiger partial charge in [0, 0.05) is 5.38 Å². The first-order chi connectivity index (χ1) is 8.72. The van der Waals surface area contributed by atoms with Crippen molar-refractivity contribution in [2.45, 2.75) is 44.4 Å². The zero-order valence-corrected chi connectivity index (χ0v) is 12.1. The number of rotatable bonds is 4. The van der Waals surface area contributed by atoms with E-state index in [0.29, 0.717) is 11.3 Å². The van der Waals surface area contributed by atoms with E-state index in [1.165, 1.54) is 31.2 Å². The van der Waals surface area contributed by atoms with Crippen molar-refractivity contribution in [3.05, 3.63) is 29.8 Å². The first-order valence-electron chi connectivity index (χ1n) is 7.00. The molecule has 0 amide bonds. The molecule has 1 aromatic rings. The van der Waals surface area contributed by atoms with Crippen LogP contribution in [-0.4, -0.2) is 12.5 Å². The molecule has 18 heavy (non-hydrogen) atoms. The summed E-state index contributed by atoms with van der Waals surface area (Å²) < 4.78 is 5.28. The monoisotopic (exact) mass is 266 g/mol. The minimum atomic E-state index is 0.346. The maximum atomic E-state index is 6.50. The van der Waals surface area contributed by atoms with Crippen LogP contribution in [0.15, 0.2) is 24.3 Å². The van der Waals surface area contributed by atoms with Crippen LogP contribution in [0.2, 0.25) is 0 Å². The van der Waals surface area contributed by atoms with Crippen molar-refractivity contribution in [2.75, 3.05) is 7.11 Å².